The van der Waals surface area contributed by atoms with Crippen molar-refractivity contribution in [3.8, 4) is 5.88 Å². The molecule has 0 spiro atoms. The first kappa shape index (κ1) is 14.4. The van der Waals surface area contributed by atoms with E-state index < -0.39 is 0 Å². The van der Waals surface area contributed by atoms with Crippen LogP contribution in [0.2, 0.25) is 0 Å². The van der Waals surface area contributed by atoms with E-state index in [2.05, 4.69) is 22.1 Å². The molecule has 108 valence electrons. The van der Waals surface area contributed by atoms with Crippen molar-refractivity contribution in [2.45, 2.75) is 13.0 Å². The summed E-state index contributed by atoms with van der Waals surface area (Å²) < 4.78 is 7.24. The van der Waals surface area contributed by atoms with Crippen LogP contribution in [-0.4, -0.2) is 30.5 Å². The maximum absolute atomic E-state index is 6.01. The van der Waals surface area contributed by atoms with E-state index in [0.29, 0.717) is 6.54 Å². The van der Waals surface area contributed by atoms with E-state index in [1.54, 1.807) is 11.8 Å². The number of nitrogens with zero attached hydrogens (tertiary/aromatic N) is 3. The molecule has 0 saturated carbocycles. The molecule has 0 aliphatic rings. The molecule has 0 aliphatic carbocycles. The molecule has 1 heterocycles. The lowest BCUT2D eigenvalue weighted by atomic mass is 10.1. The Kier molecular flexibility index (Phi) is 4.29. The van der Waals surface area contributed by atoms with Crippen molar-refractivity contribution in [1.29, 1.82) is 0 Å². The van der Waals surface area contributed by atoms with Crippen molar-refractivity contribution < 1.29 is 4.74 Å². The highest BCUT2D eigenvalue weighted by molar-refractivity contribution is 5.50. The zero-order valence-electron chi connectivity index (χ0n) is 12.5. The number of methoxy groups -OCH3 is 1. The molecule has 0 amide bonds. The normalized spacial score (nSPS) is 12.2. The third-order valence-corrected chi connectivity index (χ3v) is 3.59. The fourth-order valence-electron chi connectivity index (χ4n) is 2.59. The summed E-state index contributed by atoms with van der Waals surface area (Å²) in [5, 5.41) is 4.44. The molecular weight excluding hydrogens is 252 g/mol. The summed E-state index contributed by atoms with van der Waals surface area (Å²) in [6.45, 7) is 2.48. The molecule has 20 heavy (non-hydrogen) atoms. The van der Waals surface area contributed by atoms with E-state index in [1.165, 1.54) is 0 Å². The van der Waals surface area contributed by atoms with Gasteiger partial charge in [-0.1, -0.05) is 18.2 Å². The Hall–Kier alpha value is -2.01. The van der Waals surface area contributed by atoms with Crippen molar-refractivity contribution in [1.82, 2.24) is 9.78 Å². The number of hydrogen-bond acceptors (Lipinski definition) is 4. The predicted octanol–water partition coefficient (Wildman–Crippen LogP) is 1.87. The second-order valence-corrected chi connectivity index (χ2v) is 4.83. The summed E-state index contributed by atoms with van der Waals surface area (Å²) in [6, 6.07) is 10.2. The van der Waals surface area contributed by atoms with Gasteiger partial charge in [0.25, 0.3) is 0 Å². The number of ether oxygens (including phenoxy) is 1. The van der Waals surface area contributed by atoms with E-state index >= 15 is 0 Å². The van der Waals surface area contributed by atoms with E-state index in [0.717, 1.165) is 22.8 Å². The average Bonchev–Trinajstić information content (AvgIpc) is 2.75. The first-order valence-corrected chi connectivity index (χ1v) is 6.65. The molecule has 5 heteroatoms. The molecule has 1 aromatic carbocycles. The van der Waals surface area contributed by atoms with Crippen LogP contribution in [-0.2, 0) is 7.05 Å². The Balaban J connectivity index is 2.43. The van der Waals surface area contributed by atoms with Crippen molar-refractivity contribution in [2.24, 2.45) is 12.8 Å². The zero-order chi connectivity index (χ0) is 14.7. The molecule has 2 N–H and O–H groups in total. The highest BCUT2D eigenvalue weighted by Crippen LogP contribution is 2.33. The summed E-state index contributed by atoms with van der Waals surface area (Å²) in [4.78, 5) is 2.16. The van der Waals surface area contributed by atoms with Crippen LogP contribution in [0.25, 0.3) is 0 Å². The molecule has 0 saturated heterocycles. The summed E-state index contributed by atoms with van der Waals surface area (Å²) in [5.41, 5.74) is 9.12. The van der Waals surface area contributed by atoms with Crippen LogP contribution in [0.5, 0.6) is 5.88 Å². The quantitative estimate of drug-likeness (QED) is 0.904. The van der Waals surface area contributed by atoms with E-state index in [4.69, 9.17) is 10.5 Å². The maximum Gasteiger partial charge on any atom is 0.216 e. The molecular formula is C15H22N4O. The number of aryl methyl sites for hydroxylation is 2. The number of aromatic nitrogens is 2. The molecule has 1 atom stereocenters. The van der Waals surface area contributed by atoms with Gasteiger partial charge in [0.15, 0.2) is 0 Å². The van der Waals surface area contributed by atoms with Crippen LogP contribution in [0, 0.1) is 6.92 Å². The van der Waals surface area contributed by atoms with Gasteiger partial charge < -0.3 is 15.4 Å². The van der Waals surface area contributed by atoms with E-state index in [-0.39, 0.29) is 6.04 Å². The van der Waals surface area contributed by atoms with Crippen LogP contribution in [0.1, 0.15) is 17.3 Å². The van der Waals surface area contributed by atoms with Gasteiger partial charge in [-0.2, -0.15) is 5.10 Å². The fourth-order valence-corrected chi connectivity index (χ4v) is 2.59. The Labute approximate surface area is 119 Å². The van der Waals surface area contributed by atoms with Crippen LogP contribution in [0.15, 0.2) is 30.3 Å². The van der Waals surface area contributed by atoms with E-state index in [9.17, 15) is 0 Å². The Morgan fingerprint density at radius 3 is 2.55 bits per heavy atom. The van der Waals surface area contributed by atoms with Crippen molar-refractivity contribution >= 4 is 5.69 Å². The first-order valence-electron chi connectivity index (χ1n) is 6.65. The van der Waals surface area contributed by atoms with Gasteiger partial charge in [-0.15, -0.1) is 0 Å². The van der Waals surface area contributed by atoms with Gasteiger partial charge in [0.1, 0.15) is 0 Å². The Bertz CT molecular complexity index is 565. The minimum absolute atomic E-state index is 0.0287. The van der Waals surface area contributed by atoms with Crippen molar-refractivity contribution in [2.75, 3.05) is 25.6 Å². The van der Waals surface area contributed by atoms with Gasteiger partial charge in [-0.3, -0.25) is 0 Å². The van der Waals surface area contributed by atoms with Crippen molar-refractivity contribution in [3.63, 3.8) is 0 Å². The van der Waals surface area contributed by atoms with Gasteiger partial charge in [0.05, 0.1) is 24.4 Å². The summed E-state index contributed by atoms with van der Waals surface area (Å²) in [7, 11) is 5.58. The van der Waals surface area contributed by atoms with Gasteiger partial charge in [-0.05, 0) is 19.1 Å². The number of nitrogens with two attached hydrogens (primary N) is 1. The lowest BCUT2D eigenvalue weighted by molar-refractivity contribution is 0.366. The number of para-hydroxylation sites is 1. The number of anilines is 1. The Morgan fingerprint density at radius 2 is 2.00 bits per heavy atom. The molecule has 5 nitrogen and oxygen atoms in total. The average molecular weight is 274 g/mol. The summed E-state index contributed by atoms with van der Waals surface area (Å²) in [5.74, 6) is 0.765. The largest absolute Gasteiger partial charge is 0.481 e. The lowest BCUT2D eigenvalue weighted by Gasteiger charge is -2.29. The van der Waals surface area contributed by atoms with Crippen LogP contribution >= 0.6 is 0 Å². The SMILES string of the molecule is COc1c(C(CN)N(C)c2ccccc2)c(C)nn1C. The number of rotatable bonds is 5. The molecule has 0 bridgehead atoms. The van der Waals surface area contributed by atoms with Crippen molar-refractivity contribution in [3.05, 3.63) is 41.6 Å². The van der Waals surface area contributed by atoms with Gasteiger partial charge >= 0.3 is 0 Å². The van der Waals surface area contributed by atoms with Crippen LogP contribution < -0.4 is 15.4 Å². The topological polar surface area (TPSA) is 56.3 Å². The second-order valence-electron chi connectivity index (χ2n) is 4.83. The number of benzene rings is 1. The zero-order valence-corrected chi connectivity index (χ0v) is 12.5. The number of hydrogen-bond donors (Lipinski definition) is 1. The predicted molar refractivity (Wildman–Crippen MR) is 81.1 cm³/mol. The highest BCUT2D eigenvalue weighted by atomic mass is 16.5. The number of likely N-dealkylation sites (N-methyl/N-ethyl adjacent to an activating group) is 1. The fraction of sp³-hybridized carbons (Fsp3) is 0.400. The first-order chi connectivity index (χ1) is 9.60. The smallest absolute Gasteiger partial charge is 0.216 e. The minimum atomic E-state index is 0.0287. The standard InChI is InChI=1S/C15H22N4O/c1-11-14(15(20-4)19(3)17-11)13(10-16)18(2)12-8-6-5-7-9-12/h5-9,13H,10,16H2,1-4H3. The highest BCUT2D eigenvalue weighted by Gasteiger charge is 2.25. The van der Waals surface area contributed by atoms with Crippen LogP contribution in [0.4, 0.5) is 5.69 Å². The molecule has 0 radical (unpaired) electrons. The van der Waals surface area contributed by atoms with Gasteiger partial charge in [-0.25, -0.2) is 4.68 Å². The summed E-state index contributed by atoms with van der Waals surface area (Å²) >= 11 is 0. The van der Waals surface area contributed by atoms with Gasteiger partial charge in [0.2, 0.25) is 5.88 Å². The molecule has 1 aromatic heterocycles. The molecule has 0 fully saturated rings. The lowest BCUT2D eigenvalue weighted by Crippen LogP contribution is -2.31. The minimum Gasteiger partial charge on any atom is -0.481 e. The third-order valence-electron chi connectivity index (χ3n) is 3.59. The van der Waals surface area contributed by atoms with Gasteiger partial charge in [0, 0.05) is 26.3 Å². The molecule has 2 rings (SSSR count). The summed E-state index contributed by atoms with van der Waals surface area (Å²) in [6.07, 6.45) is 0. The Morgan fingerprint density at radius 1 is 1.35 bits per heavy atom. The second kappa shape index (κ2) is 5.96. The molecule has 1 unspecified atom stereocenters. The van der Waals surface area contributed by atoms with Crippen LogP contribution in [0.3, 0.4) is 0 Å². The van der Waals surface area contributed by atoms with E-state index in [1.807, 2.05) is 39.2 Å². The third kappa shape index (κ3) is 2.49. The molecule has 0 aliphatic heterocycles. The maximum atomic E-state index is 6.01. The monoisotopic (exact) mass is 274 g/mol. The molecule has 2 aromatic rings.